The van der Waals surface area contributed by atoms with Crippen LogP contribution >= 0.6 is 0 Å². The Balaban J connectivity index is 1.82. The third-order valence-corrected chi connectivity index (χ3v) is 3.61. The van der Waals surface area contributed by atoms with Gasteiger partial charge < -0.3 is 5.32 Å². The Morgan fingerprint density at radius 3 is 2.38 bits per heavy atom. The number of rotatable bonds is 4. The van der Waals surface area contributed by atoms with Crippen LogP contribution in [0.4, 0.5) is 0 Å². The summed E-state index contributed by atoms with van der Waals surface area (Å²) in [5.74, 6) is 0. The summed E-state index contributed by atoms with van der Waals surface area (Å²) in [6.45, 7) is 10.8. The Labute approximate surface area is 101 Å². The van der Waals surface area contributed by atoms with Crippen molar-refractivity contribution in [1.29, 1.82) is 0 Å². The third-order valence-electron chi connectivity index (χ3n) is 3.61. The molecule has 2 rings (SSSR count). The zero-order valence-electron chi connectivity index (χ0n) is 11.3. The van der Waals surface area contributed by atoms with Crippen LogP contribution in [0.3, 0.4) is 0 Å². The van der Waals surface area contributed by atoms with Crippen LogP contribution in [0.15, 0.2) is 0 Å². The molecule has 1 aliphatic carbocycles. The standard InChI is InChI=1S/C14H28N2/c1-14(2,3)11-16(13-7-8-13)10-12-6-4-5-9-15-12/h12-13,15H,4-11H2,1-3H3. The minimum Gasteiger partial charge on any atom is -0.313 e. The Morgan fingerprint density at radius 1 is 1.12 bits per heavy atom. The maximum absolute atomic E-state index is 3.68. The molecular formula is C14H28N2. The molecule has 1 N–H and O–H groups in total. The minimum absolute atomic E-state index is 0.442. The van der Waals surface area contributed by atoms with Gasteiger partial charge in [-0.3, -0.25) is 4.90 Å². The summed E-state index contributed by atoms with van der Waals surface area (Å²) < 4.78 is 0. The number of hydrogen-bond acceptors (Lipinski definition) is 2. The number of hydrogen-bond donors (Lipinski definition) is 1. The van der Waals surface area contributed by atoms with Crippen molar-refractivity contribution in [3.63, 3.8) is 0 Å². The molecule has 1 saturated heterocycles. The number of nitrogens with one attached hydrogen (secondary N) is 1. The summed E-state index contributed by atoms with van der Waals surface area (Å²) >= 11 is 0. The van der Waals surface area contributed by atoms with Crippen molar-refractivity contribution < 1.29 is 0 Å². The van der Waals surface area contributed by atoms with Gasteiger partial charge in [-0.05, 0) is 37.6 Å². The van der Waals surface area contributed by atoms with Crippen molar-refractivity contribution in [2.24, 2.45) is 5.41 Å². The van der Waals surface area contributed by atoms with Crippen LogP contribution in [-0.4, -0.2) is 36.6 Å². The highest BCUT2D eigenvalue weighted by atomic mass is 15.2. The van der Waals surface area contributed by atoms with E-state index >= 15 is 0 Å². The smallest absolute Gasteiger partial charge is 0.0195 e. The first-order valence-electron chi connectivity index (χ1n) is 7.02. The summed E-state index contributed by atoms with van der Waals surface area (Å²) in [6.07, 6.45) is 7.05. The van der Waals surface area contributed by atoms with Gasteiger partial charge in [-0.2, -0.15) is 0 Å². The van der Waals surface area contributed by atoms with E-state index in [1.54, 1.807) is 0 Å². The number of nitrogens with zero attached hydrogens (tertiary/aromatic N) is 1. The molecule has 0 radical (unpaired) electrons. The Morgan fingerprint density at radius 2 is 1.88 bits per heavy atom. The van der Waals surface area contributed by atoms with Gasteiger partial charge in [0, 0.05) is 25.2 Å². The van der Waals surface area contributed by atoms with Crippen LogP contribution in [0.5, 0.6) is 0 Å². The summed E-state index contributed by atoms with van der Waals surface area (Å²) in [6, 6.07) is 1.67. The molecule has 0 aromatic rings. The van der Waals surface area contributed by atoms with Gasteiger partial charge >= 0.3 is 0 Å². The monoisotopic (exact) mass is 224 g/mol. The molecule has 94 valence electrons. The molecule has 16 heavy (non-hydrogen) atoms. The summed E-state index contributed by atoms with van der Waals surface area (Å²) in [7, 11) is 0. The summed E-state index contributed by atoms with van der Waals surface area (Å²) in [5, 5.41) is 3.68. The largest absolute Gasteiger partial charge is 0.313 e. The van der Waals surface area contributed by atoms with Gasteiger partial charge in [0.1, 0.15) is 0 Å². The zero-order chi connectivity index (χ0) is 11.6. The lowest BCUT2D eigenvalue weighted by Gasteiger charge is -2.34. The molecule has 2 aliphatic rings. The molecule has 1 saturated carbocycles. The van der Waals surface area contributed by atoms with Gasteiger partial charge in [0.25, 0.3) is 0 Å². The Kier molecular flexibility index (Phi) is 3.91. The summed E-state index contributed by atoms with van der Waals surface area (Å²) in [5.41, 5.74) is 0.442. The molecule has 0 amide bonds. The Hall–Kier alpha value is -0.0800. The fourth-order valence-electron chi connectivity index (χ4n) is 2.75. The minimum atomic E-state index is 0.442. The zero-order valence-corrected chi connectivity index (χ0v) is 11.3. The molecular weight excluding hydrogens is 196 g/mol. The maximum atomic E-state index is 3.68. The number of piperidine rings is 1. The first kappa shape index (κ1) is 12.4. The van der Waals surface area contributed by atoms with Crippen LogP contribution < -0.4 is 5.32 Å². The van der Waals surface area contributed by atoms with E-state index in [0.29, 0.717) is 5.41 Å². The average Bonchev–Trinajstić information content (AvgIpc) is 2.99. The molecule has 1 aliphatic heterocycles. The SMILES string of the molecule is CC(C)(C)CN(CC1CCCCN1)C1CC1. The van der Waals surface area contributed by atoms with Crippen LogP contribution in [0.1, 0.15) is 52.9 Å². The van der Waals surface area contributed by atoms with E-state index in [1.165, 1.54) is 51.7 Å². The fourth-order valence-corrected chi connectivity index (χ4v) is 2.75. The van der Waals surface area contributed by atoms with Crippen LogP contribution in [0.25, 0.3) is 0 Å². The third kappa shape index (κ3) is 4.06. The molecule has 0 aromatic carbocycles. The second-order valence-corrected chi connectivity index (χ2v) is 6.87. The lowest BCUT2D eigenvalue weighted by molar-refractivity contribution is 0.158. The molecule has 1 unspecified atom stereocenters. The quantitative estimate of drug-likeness (QED) is 0.790. The topological polar surface area (TPSA) is 15.3 Å². The van der Waals surface area contributed by atoms with Crippen molar-refractivity contribution in [2.75, 3.05) is 19.6 Å². The highest BCUT2D eigenvalue weighted by Gasteiger charge is 2.32. The highest BCUT2D eigenvalue weighted by molar-refractivity contribution is 4.89. The molecule has 0 aromatic heterocycles. The lowest BCUT2D eigenvalue weighted by atomic mass is 9.95. The molecule has 1 atom stereocenters. The van der Waals surface area contributed by atoms with Gasteiger partial charge in [-0.15, -0.1) is 0 Å². The van der Waals surface area contributed by atoms with E-state index in [-0.39, 0.29) is 0 Å². The van der Waals surface area contributed by atoms with Gasteiger partial charge in [-0.1, -0.05) is 27.2 Å². The van der Waals surface area contributed by atoms with Crippen molar-refractivity contribution in [3.05, 3.63) is 0 Å². The molecule has 1 heterocycles. The molecule has 2 heteroatoms. The predicted octanol–water partition coefficient (Wildman–Crippen LogP) is 2.64. The second kappa shape index (κ2) is 5.05. The van der Waals surface area contributed by atoms with Crippen LogP contribution in [0, 0.1) is 5.41 Å². The first-order chi connectivity index (χ1) is 7.54. The molecule has 2 nitrogen and oxygen atoms in total. The van der Waals surface area contributed by atoms with Crippen molar-refractivity contribution in [1.82, 2.24) is 10.2 Å². The lowest BCUT2D eigenvalue weighted by Crippen LogP contribution is -2.46. The average molecular weight is 224 g/mol. The maximum Gasteiger partial charge on any atom is 0.0195 e. The van der Waals surface area contributed by atoms with Crippen molar-refractivity contribution in [3.8, 4) is 0 Å². The van der Waals surface area contributed by atoms with Gasteiger partial charge in [0.15, 0.2) is 0 Å². The van der Waals surface area contributed by atoms with Gasteiger partial charge in [-0.25, -0.2) is 0 Å². The first-order valence-corrected chi connectivity index (χ1v) is 7.02. The summed E-state index contributed by atoms with van der Waals surface area (Å²) in [4.78, 5) is 2.74. The highest BCUT2D eigenvalue weighted by Crippen LogP contribution is 2.30. The normalized spacial score (nSPS) is 27.4. The predicted molar refractivity (Wildman–Crippen MR) is 69.7 cm³/mol. The molecule has 2 fully saturated rings. The van der Waals surface area contributed by atoms with E-state index in [1.807, 2.05) is 0 Å². The van der Waals surface area contributed by atoms with E-state index < -0.39 is 0 Å². The van der Waals surface area contributed by atoms with Crippen molar-refractivity contribution >= 4 is 0 Å². The fraction of sp³-hybridized carbons (Fsp3) is 1.00. The van der Waals surface area contributed by atoms with Crippen molar-refractivity contribution in [2.45, 2.75) is 65.0 Å². The van der Waals surface area contributed by atoms with Crippen LogP contribution in [0.2, 0.25) is 0 Å². The van der Waals surface area contributed by atoms with Gasteiger partial charge in [0.05, 0.1) is 0 Å². The second-order valence-electron chi connectivity index (χ2n) is 6.87. The van der Waals surface area contributed by atoms with E-state index in [4.69, 9.17) is 0 Å². The van der Waals surface area contributed by atoms with Gasteiger partial charge in [0.2, 0.25) is 0 Å². The Bertz CT molecular complexity index is 209. The van der Waals surface area contributed by atoms with E-state index in [9.17, 15) is 0 Å². The van der Waals surface area contributed by atoms with E-state index in [0.717, 1.165) is 12.1 Å². The molecule has 0 spiro atoms. The molecule has 0 bridgehead atoms. The van der Waals surface area contributed by atoms with Crippen LogP contribution in [-0.2, 0) is 0 Å². The van der Waals surface area contributed by atoms with E-state index in [2.05, 4.69) is 31.0 Å².